The molecule has 96 valence electrons. The van der Waals surface area contributed by atoms with E-state index in [1.54, 1.807) is 12.4 Å². The third-order valence-electron chi connectivity index (χ3n) is 2.89. The molecule has 19 heavy (non-hydrogen) atoms. The lowest BCUT2D eigenvalue weighted by atomic mass is 10.2. The molecule has 0 aliphatic heterocycles. The molecule has 6 heteroatoms. The predicted molar refractivity (Wildman–Crippen MR) is 77.0 cm³/mol. The quantitative estimate of drug-likeness (QED) is 0.807. The van der Waals surface area contributed by atoms with Crippen LogP contribution in [-0.2, 0) is 6.54 Å². The van der Waals surface area contributed by atoms with Crippen LogP contribution in [0.1, 0.15) is 11.3 Å². The summed E-state index contributed by atoms with van der Waals surface area (Å²) < 4.78 is 2.68. The van der Waals surface area contributed by atoms with Crippen LogP contribution in [0.15, 0.2) is 41.5 Å². The van der Waals surface area contributed by atoms with Crippen molar-refractivity contribution in [3.05, 3.63) is 52.8 Å². The highest BCUT2D eigenvalue weighted by Gasteiger charge is 2.07. The van der Waals surface area contributed by atoms with Crippen molar-refractivity contribution in [2.75, 3.05) is 5.32 Å². The van der Waals surface area contributed by atoms with Crippen molar-refractivity contribution < 1.29 is 0 Å². The lowest BCUT2D eigenvalue weighted by Gasteiger charge is -2.08. The first-order chi connectivity index (χ1) is 9.24. The average Bonchev–Trinajstić information content (AvgIpc) is 2.85. The first-order valence-electron chi connectivity index (χ1n) is 5.87. The Morgan fingerprint density at radius 2 is 2.21 bits per heavy atom. The zero-order chi connectivity index (χ0) is 13.2. The number of aromatic nitrogens is 4. The minimum absolute atomic E-state index is 0.624. The van der Waals surface area contributed by atoms with Gasteiger partial charge in [-0.25, -0.2) is 9.97 Å². The lowest BCUT2D eigenvalue weighted by Crippen LogP contribution is -2.06. The molecule has 0 unspecified atom stereocenters. The van der Waals surface area contributed by atoms with Crippen molar-refractivity contribution in [1.82, 2.24) is 19.4 Å². The van der Waals surface area contributed by atoms with Gasteiger partial charge in [-0.2, -0.15) is 0 Å². The topological polar surface area (TPSA) is 55.1 Å². The van der Waals surface area contributed by atoms with Crippen LogP contribution in [0.5, 0.6) is 0 Å². The van der Waals surface area contributed by atoms with E-state index < -0.39 is 0 Å². The number of imidazole rings is 1. The van der Waals surface area contributed by atoms with Gasteiger partial charge in [0.05, 0.1) is 12.2 Å². The number of hydrogen-bond acceptors (Lipinski definition) is 4. The molecule has 3 rings (SSSR count). The molecule has 0 saturated carbocycles. The van der Waals surface area contributed by atoms with Gasteiger partial charge in [0.2, 0.25) is 0 Å². The molecule has 5 nitrogen and oxygen atoms in total. The highest BCUT2D eigenvalue weighted by molar-refractivity contribution is 9.10. The summed E-state index contributed by atoms with van der Waals surface area (Å²) in [5.74, 6) is 0.740. The SMILES string of the molecule is Cc1cccnc1CNc1nc(Br)cn2ccnc12. The number of nitrogens with zero attached hydrogens (tertiary/aromatic N) is 4. The fraction of sp³-hybridized carbons (Fsp3) is 0.154. The highest BCUT2D eigenvalue weighted by atomic mass is 79.9. The molecule has 0 atom stereocenters. The molecule has 3 aromatic rings. The Bertz CT molecular complexity index is 722. The number of anilines is 1. The minimum Gasteiger partial charge on any atom is -0.361 e. The standard InChI is InChI=1S/C13H12BrN5/c1-9-3-2-4-15-10(9)7-17-12-13-16-5-6-19(13)8-11(14)18-12/h2-6,8H,7H2,1H3,(H,17,18). The van der Waals surface area contributed by atoms with Crippen LogP contribution >= 0.6 is 15.9 Å². The molecule has 0 bridgehead atoms. The Kier molecular flexibility index (Phi) is 3.16. The third kappa shape index (κ3) is 2.44. The maximum Gasteiger partial charge on any atom is 0.180 e. The van der Waals surface area contributed by atoms with Gasteiger partial charge in [0.25, 0.3) is 0 Å². The molecule has 3 aromatic heterocycles. The second kappa shape index (κ2) is 4.97. The number of nitrogens with one attached hydrogen (secondary N) is 1. The summed E-state index contributed by atoms with van der Waals surface area (Å²) in [4.78, 5) is 13.1. The number of pyridine rings is 1. The Labute approximate surface area is 118 Å². The van der Waals surface area contributed by atoms with Crippen molar-refractivity contribution in [3.8, 4) is 0 Å². The van der Waals surface area contributed by atoms with Gasteiger partial charge in [0.1, 0.15) is 4.60 Å². The predicted octanol–water partition coefficient (Wildman–Crippen LogP) is 2.81. The first-order valence-corrected chi connectivity index (χ1v) is 6.67. The maximum absolute atomic E-state index is 4.41. The fourth-order valence-corrected chi connectivity index (χ4v) is 2.29. The molecule has 1 N–H and O–H groups in total. The first kappa shape index (κ1) is 12.1. The second-order valence-electron chi connectivity index (χ2n) is 4.19. The molecular weight excluding hydrogens is 306 g/mol. The molecule has 0 amide bonds. The zero-order valence-electron chi connectivity index (χ0n) is 10.3. The minimum atomic E-state index is 0.624. The van der Waals surface area contributed by atoms with Crippen molar-refractivity contribution in [2.45, 2.75) is 13.5 Å². The monoisotopic (exact) mass is 317 g/mol. The Morgan fingerprint density at radius 1 is 1.32 bits per heavy atom. The van der Waals surface area contributed by atoms with Crippen LogP contribution in [0, 0.1) is 6.92 Å². The van der Waals surface area contributed by atoms with Crippen LogP contribution < -0.4 is 5.32 Å². The summed E-state index contributed by atoms with van der Waals surface area (Å²) in [6.07, 6.45) is 7.31. The third-order valence-corrected chi connectivity index (χ3v) is 3.27. The summed E-state index contributed by atoms with van der Waals surface area (Å²) in [5.41, 5.74) is 2.97. The fourth-order valence-electron chi connectivity index (χ4n) is 1.89. The van der Waals surface area contributed by atoms with Crippen molar-refractivity contribution >= 4 is 27.4 Å². The maximum atomic E-state index is 4.41. The van der Waals surface area contributed by atoms with Gasteiger partial charge in [-0.1, -0.05) is 6.07 Å². The molecule has 0 aromatic carbocycles. The van der Waals surface area contributed by atoms with Gasteiger partial charge in [-0.05, 0) is 34.5 Å². The Hall–Kier alpha value is -1.95. The van der Waals surface area contributed by atoms with Crippen LogP contribution in [0.4, 0.5) is 5.82 Å². The summed E-state index contributed by atoms with van der Waals surface area (Å²) in [5, 5.41) is 3.28. The van der Waals surface area contributed by atoms with Gasteiger partial charge in [0.15, 0.2) is 11.5 Å². The Balaban J connectivity index is 1.90. The van der Waals surface area contributed by atoms with E-state index in [0.717, 1.165) is 27.3 Å². The molecule has 3 heterocycles. The van der Waals surface area contributed by atoms with Crippen LogP contribution in [0.2, 0.25) is 0 Å². The largest absolute Gasteiger partial charge is 0.361 e. The summed E-state index contributed by atoms with van der Waals surface area (Å²) in [6, 6.07) is 3.98. The van der Waals surface area contributed by atoms with Gasteiger partial charge < -0.3 is 9.72 Å². The van der Waals surface area contributed by atoms with E-state index in [1.807, 2.05) is 35.9 Å². The van der Waals surface area contributed by atoms with Gasteiger partial charge in [0, 0.05) is 24.8 Å². The van der Waals surface area contributed by atoms with Crippen LogP contribution in [-0.4, -0.2) is 19.4 Å². The summed E-state index contributed by atoms with van der Waals surface area (Å²) in [7, 11) is 0. The van der Waals surface area contributed by atoms with E-state index in [4.69, 9.17) is 0 Å². The highest BCUT2D eigenvalue weighted by Crippen LogP contribution is 2.17. The number of hydrogen-bond donors (Lipinski definition) is 1. The van der Waals surface area contributed by atoms with Crippen molar-refractivity contribution in [3.63, 3.8) is 0 Å². The van der Waals surface area contributed by atoms with E-state index in [2.05, 4.69) is 36.2 Å². The molecule has 0 spiro atoms. The Morgan fingerprint density at radius 3 is 3.05 bits per heavy atom. The van der Waals surface area contributed by atoms with Crippen LogP contribution in [0.3, 0.4) is 0 Å². The molecule has 0 fully saturated rings. The average molecular weight is 318 g/mol. The van der Waals surface area contributed by atoms with E-state index >= 15 is 0 Å². The van der Waals surface area contributed by atoms with Gasteiger partial charge in [-0.15, -0.1) is 0 Å². The van der Waals surface area contributed by atoms with Crippen molar-refractivity contribution in [2.24, 2.45) is 0 Å². The van der Waals surface area contributed by atoms with E-state index in [1.165, 1.54) is 0 Å². The van der Waals surface area contributed by atoms with Gasteiger partial charge in [-0.3, -0.25) is 4.98 Å². The van der Waals surface area contributed by atoms with E-state index in [-0.39, 0.29) is 0 Å². The second-order valence-corrected chi connectivity index (χ2v) is 5.00. The molecule has 0 aliphatic rings. The zero-order valence-corrected chi connectivity index (χ0v) is 11.9. The number of aryl methyl sites for hydroxylation is 1. The van der Waals surface area contributed by atoms with E-state index in [0.29, 0.717) is 6.54 Å². The number of halogens is 1. The molecule has 0 aliphatic carbocycles. The van der Waals surface area contributed by atoms with Crippen LogP contribution in [0.25, 0.3) is 5.65 Å². The summed E-state index contributed by atoms with van der Waals surface area (Å²) in [6.45, 7) is 2.67. The summed E-state index contributed by atoms with van der Waals surface area (Å²) >= 11 is 3.39. The molecule has 0 radical (unpaired) electrons. The van der Waals surface area contributed by atoms with Crippen molar-refractivity contribution in [1.29, 1.82) is 0 Å². The number of rotatable bonds is 3. The molecule has 0 saturated heterocycles. The van der Waals surface area contributed by atoms with Gasteiger partial charge >= 0.3 is 0 Å². The van der Waals surface area contributed by atoms with E-state index in [9.17, 15) is 0 Å². The number of fused-ring (bicyclic) bond motifs is 1. The normalized spacial score (nSPS) is 10.8. The molecular formula is C13H12BrN5. The lowest BCUT2D eigenvalue weighted by molar-refractivity contribution is 0.992. The smallest absolute Gasteiger partial charge is 0.180 e.